The highest BCUT2D eigenvalue weighted by atomic mass is 16.5. The fourth-order valence-corrected chi connectivity index (χ4v) is 4.93. The summed E-state index contributed by atoms with van der Waals surface area (Å²) < 4.78 is 8.19. The van der Waals surface area contributed by atoms with E-state index < -0.39 is 17.1 Å². The van der Waals surface area contributed by atoms with Crippen LogP contribution in [-0.4, -0.2) is 32.6 Å². The third-order valence-electron chi connectivity index (χ3n) is 6.74. The summed E-state index contributed by atoms with van der Waals surface area (Å²) >= 11 is 0. The van der Waals surface area contributed by atoms with Crippen LogP contribution in [0.25, 0.3) is 11.3 Å². The van der Waals surface area contributed by atoms with Gasteiger partial charge in [-0.15, -0.1) is 0 Å². The number of carbonyl (C=O) groups is 2. The molecule has 2 aliphatic carbocycles. The highest BCUT2D eigenvalue weighted by molar-refractivity contribution is 5.94. The lowest BCUT2D eigenvalue weighted by Crippen LogP contribution is -2.41. The molecule has 3 aromatic rings. The predicted octanol–water partition coefficient (Wildman–Crippen LogP) is 2.87. The van der Waals surface area contributed by atoms with Crippen LogP contribution in [0.1, 0.15) is 53.5 Å². The Labute approximate surface area is 213 Å². The summed E-state index contributed by atoms with van der Waals surface area (Å²) in [4.78, 5) is 52.7. The molecule has 5 rings (SSSR count). The van der Waals surface area contributed by atoms with Crippen LogP contribution in [0, 0.1) is 0 Å². The van der Waals surface area contributed by atoms with E-state index in [2.05, 4.69) is 10.3 Å². The van der Waals surface area contributed by atoms with E-state index in [0.29, 0.717) is 29.9 Å². The lowest BCUT2D eigenvalue weighted by atomic mass is 9.84. The lowest BCUT2D eigenvalue weighted by Gasteiger charge is -2.28. The van der Waals surface area contributed by atoms with Crippen LogP contribution in [-0.2, 0) is 29.0 Å². The molecule has 0 aliphatic heterocycles. The molecular weight excluding hydrogens is 472 g/mol. The summed E-state index contributed by atoms with van der Waals surface area (Å²) in [6.07, 6.45) is 8.52. The Morgan fingerprint density at radius 2 is 1.84 bits per heavy atom. The molecule has 190 valence electrons. The molecule has 0 bridgehead atoms. The van der Waals surface area contributed by atoms with E-state index in [0.717, 1.165) is 36.1 Å². The topological polar surface area (TPSA) is 115 Å². The molecule has 2 aliphatic rings. The van der Waals surface area contributed by atoms with E-state index in [4.69, 9.17) is 4.74 Å². The smallest absolute Gasteiger partial charge is 0.326 e. The van der Waals surface area contributed by atoms with E-state index in [9.17, 15) is 19.2 Å². The molecule has 0 saturated carbocycles. The van der Waals surface area contributed by atoms with Crippen molar-refractivity contribution in [1.29, 1.82) is 0 Å². The minimum Gasteiger partial charge on any atom is -0.465 e. The zero-order valence-corrected chi connectivity index (χ0v) is 20.6. The number of amides is 1. The molecule has 0 saturated heterocycles. The Bertz CT molecular complexity index is 1540. The van der Waals surface area contributed by atoms with Crippen molar-refractivity contribution < 1.29 is 14.3 Å². The average Bonchev–Trinajstić information content (AvgIpc) is 3.40. The zero-order chi connectivity index (χ0) is 25.9. The summed E-state index contributed by atoms with van der Waals surface area (Å²) in [6, 6.07) is 11.5. The molecule has 1 amide bonds. The van der Waals surface area contributed by atoms with Crippen molar-refractivity contribution >= 4 is 23.1 Å². The maximum Gasteiger partial charge on any atom is 0.326 e. The molecule has 0 fully saturated rings. The third kappa shape index (κ3) is 4.97. The zero-order valence-electron chi connectivity index (χ0n) is 20.6. The molecule has 9 nitrogen and oxygen atoms in total. The van der Waals surface area contributed by atoms with E-state index in [1.807, 2.05) is 47.2 Å². The predicted molar refractivity (Wildman–Crippen MR) is 139 cm³/mol. The molecule has 1 aromatic carbocycles. The Morgan fingerprint density at radius 3 is 2.62 bits per heavy atom. The number of nitrogens with one attached hydrogen (secondary N) is 2. The van der Waals surface area contributed by atoms with Gasteiger partial charge in [-0.3, -0.25) is 23.7 Å². The number of rotatable bonds is 7. The number of aromatic nitrogens is 3. The van der Waals surface area contributed by atoms with Gasteiger partial charge in [-0.05, 0) is 50.3 Å². The summed E-state index contributed by atoms with van der Waals surface area (Å²) in [6.45, 7) is 1.99. The standard InChI is InChI=1S/C28H28N4O5/c1-2-37-24(33)17-32-25-22-14-21(10-8-19(22)9-11-23(25)30-27(35)28(32)36)31-13-12-20(16-31)26(34)29-15-18-6-4-3-5-7-18/h3-7,12-14,16H,2,8-11,15,17H2,1H3,(H,29,34)(H,30,35). The number of allylic oxidation sites excluding steroid dienone is 4. The van der Waals surface area contributed by atoms with Crippen LogP contribution in [0.15, 0.2) is 70.0 Å². The van der Waals surface area contributed by atoms with Crippen molar-refractivity contribution in [2.45, 2.75) is 45.7 Å². The Kier molecular flexibility index (Phi) is 6.76. The van der Waals surface area contributed by atoms with E-state index in [1.165, 1.54) is 10.1 Å². The highest BCUT2D eigenvalue weighted by Gasteiger charge is 2.27. The number of aromatic amines is 1. The van der Waals surface area contributed by atoms with Gasteiger partial charge in [-0.2, -0.15) is 0 Å². The number of aryl methyl sites for hydroxylation is 1. The molecule has 0 atom stereocenters. The minimum absolute atomic E-state index is 0.164. The number of hydrogen-bond donors (Lipinski definition) is 2. The number of nitrogens with zero attached hydrogens (tertiary/aromatic N) is 2. The largest absolute Gasteiger partial charge is 0.465 e. The van der Waals surface area contributed by atoms with Crippen molar-refractivity contribution in [2.75, 3.05) is 6.61 Å². The molecule has 2 N–H and O–H groups in total. The second kappa shape index (κ2) is 10.3. The minimum atomic E-state index is -0.778. The van der Waals surface area contributed by atoms with Crippen molar-refractivity contribution in [2.24, 2.45) is 0 Å². The van der Waals surface area contributed by atoms with Gasteiger partial charge in [-0.25, -0.2) is 0 Å². The Balaban J connectivity index is 1.44. The average molecular weight is 501 g/mol. The van der Waals surface area contributed by atoms with Gasteiger partial charge in [-0.1, -0.05) is 35.9 Å². The number of carbonyl (C=O) groups excluding carboxylic acids is 2. The van der Waals surface area contributed by atoms with Crippen molar-refractivity contribution in [3.8, 4) is 0 Å². The maximum atomic E-state index is 12.8. The Morgan fingerprint density at radius 1 is 1.05 bits per heavy atom. The Hall–Kier alpha value is -4.40. The number of fused-ring (bicyclic) bond motifs is 2. The normalized spacial score (nSPS) is 14.5. The van der Waals surface area contributed by atoms with Crippen molar-refractivity contribution in [3.05, 3.63) is 104 Å². The molecular formula is C28H28N4O5. The first kappa shape index (κ1) is 24.3. The van der Waals surface area contributed by atoms with Gasteiger partial charge < -0.3 is 19.6 Å². The molecule has 0 unspecified atom stereocenters. The third-order valence-corrected chi connectivity index (χ3v) is 6.74. The van der Waals surface area contributed by atoms with Crippen LogP contribution in [0.5, 0.6) is 0 Å². The number of ether oxygens (including phenoxy) is 1. The van der Waals surface area contributed by atoms with Crippen molar-refractivity contribution in [3.63, 3.8) is 0 Å². The fourth-order valence-electron chi connectivity index (χ4n) is 4.93. The van der Waals surface area contributed by atoms with Crippen LogP contribution < -0.4 is 16.4 Å². The summed E-state index contributed by atoms with van der Waals surface area (Å²) in [7, 11) is 0. The van der Waals surface area contributed by atoms with Gasteiger partial charge in [0.2, 0.25) is 0 Å². The molecule has 9 heteroatoms. The highest BCUT2D eigenvalue weighted by Crippen LogP contribution is 2.39. The molecule has 0 spiro atoms. The van der Waals surface area contributed by atoms with Gasteiger partial charge >= 0.3 is 17.1 Å². The van der Waals surface area contributed by atoms with Crippen LogP contribution in [0.2, 0.25) is 0 Å². The molecule has 37 heavy (non-hydrogen) atoms. The number of H-pyrrole nitrogens is 1. The summed E-state index contributed by atoms with van der Waals surface area (Å²) in [5.74, 6) is -0.732. The summed E-state index contributed by atoms with van der Waals surface area (Å²) in [5, 5.41) is 2.94. The van der Waals surface area contributed by atoms with E-state index in [1.54, 1.807) is 19.2 Å². The van der Waals surface area contributed by atoms with Crippen LogP contribution in [0.4, 0.5) is 0 Å². The second-order valence-corrected chi connectivity index (χ2v) is 9.11. The van der Waals surface area contributed by atoms with Gasteiger partial charge in [0, 0.05) is 35.9 Å². The van der Waals surface area contributed by atoms with E-state index in [-0.39, 0.29) is 19.1 Å². The molecule has 0 radical (unpaired) electrons. The monoisotopic (exact) mass is 500 g/mol. The summed E-state index contributed by atoms with van der Waals surface area (Å²) in [5.41, 5.74) is 4.20. The molecule has 2 heterocycles. The van der Waals surface area contributed by atoms with Crippen LogP contribution >= 0.6 is 0 Å². The SMILES string of the molecule is CCOC(=O)Cn1c2c([nH]c(=O)c1=O)CCC1=C2C=C(n2ccc(C(=O)NCc3ccccc3)c2)CC1. The maximum absolute atomic E-state index is 12.8. The first-order valence-corrected chi connectivity index (χ1v) is 12.4. The first-order valence-electron chi connectivity index (χ1n) is 12.4. The van der Waals surface area contributed by atoms with Gasteiger partial charge in [0.15, 0.2) is 0 Å². The van der Waals surface area contributed by atoms with Gasteiger partial charge in [0.1, 0.15) is 6.54 Å². The number of benzene rings is 1. The van der Waals surface area contributed by atoms with Gasteiger partial charge in [0.05, 0.1) is 17.9 Å². The van der Waals surface area contributed by atoms with Gasteiger partial charge in [0.25, 0.3) is 5.91 Å². The van der Waals surface area contributed by atoms with Crippen molar-refractivity contribution in [1.82, 2.24) is 19.4 Å². The quantitative estimate of drug-likeness (QED) is 0.382. The number of hydrogen-bond acceptors (Lipinski definition) is 5. The second-order valence-electron chi connectivity index (χ2n) is 9.11. The number of esters is 1. The molecule has 2 aromatic heterocycles. The first-order chi connectivity index (χ1) is 17.9. The fraction of sp³-hybridized carbons (Fsp3) is 0.286. The van der Waals surface area contributed by atoms with Crippen LogP contribution in [0.3, 0.4) is 0 Å². The van der Waals surface area contributed by atoms with E-state index >= 15 is 0 Å². The lowest BCUT2D eigenvalue weighted by molar-refractivity contribution is -0.143.